The maximum atomic E-state index is 12.5. The first-order valence-corrected chi connectivity index (χ1v) is 3.79. The Morgan fingerprint density at radius 3 is 0.875 bits per heavy atom. The largest absolute Gasteiger partial charge is 0.379 e. The van der Waals surface area contributed by atoms with Gasteiger partial charge in [0.1, 0.15) is 0 Å². The summed E-state index contributed by atoms with van der Waals surface area (Å²) >= 11 is 0. The zero-order valence-electron chi connectivity index (χ0n) is 7.59. The Morgan fingerprint density at radius 1 is 0.562 bits per heavy atom. The number of hydrogen-bond acceptors (Lipinski definition) is 2. The van der Waals surface area contributed by atoms with Crippen molar-refractivity contribution in [3.63, 3.8) is 0 Å². The molecule has 0 saturated carbocycles. The summed E-state index contributed by atoms with van der Waals surface area (Å²) in [6.07, 6.45) is 0. The van der Waals surface area contributed by atoms with Crippen LogP contribution in [0.1, 0.15) is 0 Å². The molecular formula is C6H8F8N2. The molecule has 0 heterocycles. The SMILES string of the molecule is NCC(F)(F)C(F)(F)C(F)(F)C(F)(F)CN. The third-order valence-electron chi connectivity index (χ3n) is 1.83. The highest BCUT2D eigenvalue weighted by atomic mass is 19.4. The van der Waals surface area contributed by atoms with Crippen LogP contribution in [0.3, 0.4) is 0 Å². The Balaban J connectivity index is 5.46. The lowest BCUT2D eigenvalue weighted by atomic mass is 9.99. The second-order valence-electron chi connectivity index (χ2n) is 2.97. The molecule has 0 radical (unpaired) electrons. The molecule has 4 N–H and O–H groups in total. The molecule has 0 aliphatic heterocycles. The summed E-state index contributed by atoms with van der Waals surface area (Å²) in [7, 11) is 0. The van der Waals surface area contributed by atoms with Crippen LogP contribution in [0.25, 0.3) is 0 Å². The summed E-state index contributed by atoms with van der Waals surface area (Å²) in [5, 5.41) is 0. The van der Waals surface area contributed by atoms with E-state index in [9.17, 15) is 35.1 Å². The van der Waals surface area contributed by atoms with Gasteiger partial charge in [-0.15, -0.1) is 0 Å². The number of halogens is 8. The Labute approximate surface area is 84.6 Å². The lowest BCUT2D eigenvalue weighted by molar-refractivity contribution is -0.360. The van der Waals surface area contributed by atoms with Crippen LogP contribution in [0.4, 0.5) is 35.1 Å². The summed E-state index contributed by atoms with van der Waals surface area (Å²) in [5.74, 6) is -23.5. The van der Waals surface area contributed by atoms with Gasteiger partial charge in [-0.2, -0.15) is 35.1 Å². The molecule has 98 valence electrons. The maximum absolute atomic E-state index is 12.5. The Hall–Kier alpha value is -0.640. The lowest BCUT2D eigenvalue weighted by Gasteiger charge is -2.35. The first-order chi connectivity index (χ1) is 6.87. The molecule has 0 spiro atoms. The van der Waals surface area contributed by atoms with E-state index < -0.39 is 36.8 Å². The van der Waals surface area contributed by atoms with Gasteiger partial charge >= 0.3 is 23.7 Å². The molecule has 0 aliphatic rings. The molecule has 16 heavy (non-hydrogen) atoms. The Kier molecular flexibility index (Phi) is 3.83. The van der Waals surface area contributed by atoms with Crippen molar-refractivity contribution < 1.29 is 35.1 Å². The van der Waals surface area contributed by atoms with Crippen LogP contribution < -0.4 is 11.5 Å². The smallest absolute Gasteiger partial charge is 0.325 e. The van der Waals surface area contributed by atoms with Crippen molar-refractivity contribution >= 4 is 0 Å². The molecule has 0 aromatic rings. The van der Waals surface area contributed by atoms with Crippen molar-refractivity contribution in [3.05, 3.63) is 0 Å². The van der Waals surface area contributed by atoms with Crippen LogP contribution in [0.2, 0.25) is 0 Å². The zero-order valence-corrected chi connectivity index (χ0v) is 7.59. The number of hydrogen-bond donors (Lipinski definition) is 2. The topological polar surface area (TPSA) is 52.0 Å². The zero-order chi connectivity index (χ0) is 13.4. The van der Waals surface area contributed by atoms with E-state index in [-0.39, 0.29) is 0 Å². The molecule has 10 heteroatoms. The van der Waals surface area contributed by atoms with Gasteiger partial charge in [-0.25, -0.2) is 0 Å². The number of alkyl halides is 8. The van der Waals surface area contributed by atoms with Crippen molar-refractivity contribution in [2.24, 2.45) is 11.5 Å². The quantitative estimate of drug-likeness (QED) is 0.735. The van der Waals surface area contributed by atoms with E-state index >= 15 is 0 Å². The highest BCUT2D eigenvalue weighted by Crippen LogP contribution is 2.51. The fourth-order valence-corrected chi connectivity index (χ4v) is 0.716. The van der Waals surface area contributed by atoms with E-state index in [0.29, 0.717) is 0 Å². The monoisotopic (exact) mass is 260 g/mol. The number of nitrogens with two attached hydrogens (primary N) is 2. The predicted octanol–water partition coefficient (Wildman–Crippen LogP) is 1.45. The highest BCUT2D eigenvalue weighted by Gasteiger charge is 2.79. The molecule has 0 atom stereocenters. The highest BCUT2D eigenvalue weighted by molar-refractivity contribution is 5.04. The van der Waals surface area contributed by atoms with Gasteiger partial charge in [0.25, 0.3) is 0 Å². The van der Waals surface area contributed by atoms with Crippen molar-refractivity contribution in [2.45, 2.75) is 23.7 Å². The van der Waals surface area contributed by atoms with Crippen LogP contribution in [0.15, 0.2) is 0 Å². The van der Waals surface area contributed by atoms with Crippen molar-refractivity contribution in [2.75, 3.05) is 13.1 Å². The molecule has 0 aliphatic carbocycles. The maximum Gasteiger partial charge on any atom is 0.379 e. The molecule has 2 nitrogen and oxygen atoms in total. The van der Waals surface area contributed by atoms with Gasteiger partial charge in [0.05, 0.1) is 13.1 Å². The lowest BCUT2D eigenvalue weighted by Crippen LogP contribution is -2.65. The van der Waals surface area contributed by atoms with Crippen LogP contribution in [0, 0.1) is 0 Å². The Morgan fingerprint density at radius 2 is 0.750 bits per heavy atom. The molecule has 0 saturated heterocycles. The first-order valence-electron chi connectivity index (χ1n) is 3.79. The summed E-state index contributed by atoms with van der Waals surface area (Å²) in [6.45, 7) is -4.40. The molecule has 0 aromatic heterocycles. The average molecular weight is 260 g/mol. The van der Waals surface area contributed by atoms with E-state index in [2.05, 4.69) is 11.5 Å². The van der Waals surface area contributed by atoms with E-state index in [0.717, 1.165) is 0 Å². The van der Waals surface area contributed by atoms with Gasteiger partial charge < -0.3 is 11.5 Å². The van der Waals surface area contributed by atoms with Crippen molar-refractivity contribution in [1.29, 1.82) is 0 Å². The average Bonchev–Trinajstić information content (AvgIpc) is 2.16. The predicted molar refractivity (Wildman–Crippen MR) is 37.9 cm³/mol. The molecule has 0 bridgehead atoms. The third kappa shape index (κ3) is 1.95. The summed E-state index contributed by atoms with van der Waals surface area (Å²) in [4.78, 5) is 0. The molecule has 0 unspecified atom stereocenters. The minimum atomic E-state index is -6.29. The summed E-state index contributed by atoms with van der Waals surface area (Å²) in [5.41, 5.74) is 8.27. The van der Waals surface area contributed by atoms with Crippen LogP contribution in [-0.2, 0) is 0 Å². The number of rotatable bonds is 5. The van der Waals surface area contributed by atoms with Gasteiger partial charge in [0, 0.05) is 0 Å². The van der Waals surface area contributed by atoms with Crippen LogP contribution >= 0.6 is 0 Å². The molecule has 0 aromatic carbocycles. The third-order valence-corrected chi connectivity index (χ3v) is 1.83. The molecule has 0 amide bonds. The van der Waals surface area contributed by atoms with Gasteiger partial charge in [-0.05, 0) is 0 Å². The van der Waals surface area contributed by atoms with Gasteiger partial charge in [-0.1, -0.05) is 0 Å². The van der Waals surface area contributed by atoms with Crippen molar-refractivity contribution in [1.82, 2.24) is 0 Å². The minimum absolute atomic E-state index is 2.20. The Bertz CT molecular complexity index is 225. The van der Waals surface area contributed by atoms with Crippen LogP contribution in [0.5, 0.6) is 0 Å². The van der Waals surface area contributed by atoms with E-state index in [1.165, 1.54) is 0 Å². The molecule has 0 fully saturated rings. The van der Waals surface area contributed by atoms with Crippen LogP contribution in [-0.4, -0.2) is 36.8 Å². The molecular weight excluding hydrogens is 252 g/mol. The van der Waals surface area contributed by atoms with Crippen molar-refractivity contribution in [3.8, 4) is 0 Å². The van der Waals surface area contributed by atoms with Gasteiger partial charge in [-0.3, -0.25) is 0 Å². The summed E-state index contributed by atoms with van der Waals surface area (Å²) < 4.78 is 99.6. The normalized spacial score (nSPS) is 15.4. The van der Waals surface area contributed by atoms with E-state index in [4.69, 9.17) is 0 Å². The fraction of sp³-hybridized carbons (Fsp3) is 1.00. The first kappa shape index (κ1) is 15.4. The van der Waals surface area contributed by atoms with Gasteiger partial charge in [0.15, 0.2) is 0 Å². The second-order valence-corrected chi connectivity index (χ2v) is 2.97. The standard InChI is InChI=1S/C6H8F8N2/c7-3(8,1-15)5(11,12)6(13,14)4(9,10)2-16/h1-2,15-16H2. The second kappa shape index (κ2) is 3.99. The fourth-order valence-electron chi connectivity index (χ4n) is 0.716. The molecule has 0 rings (SSSR count). The minimum Gasteiger partial charge on any atom is -0.325 e. The summed E-state index contributed by atoms with van der Waals surface area (Å²) in [6, 6.07) is 0. The van der Waals surface area contributed by atoms with E-state index in [1.807, 2.05) is 0 Å². The van der Waals surface area contributed by atoms with Gasteiger partial charge in [0.2, 0.25) is 0 Å². The van der Waals surface area contributed by atoms with E-state index in [1.54, 1.807) is 0 Å².